The number of rotatable bonds is 8. The van der Waals surface area contributed by atoms with Crippen molar-refractivity contribution in [3.05, 3.63) is 17.2 Å². The minimum absolute atomic E-state index is 0.00434. The van der Waals surface area contributed by atoms with E-state index in [4.69, 9.17) is 16.3 Å². The summed E-state index contributed by atoms with van der Waals surface area (Å²) in [5.41, 5.74) is -0.387. The maximum atomic E-state index is 12.5. The number of hydrogen-bond donors (Lipinski definition) is 3. The van der Waals surface area contributed by atoms with Gasteiger partial charge in [0.05, 0.1) is 17.3 Å². The lowest BCUT2D eigenvalue weighted by Crippen LogP contribution is -2.71. The predicted molar refractivity (Wildman–Crippen MR) is 111 cm³/mol. The number of Topliss-reactive ketones (excluding diaryl/α,β-unsaturated/α-hetero) is 2. The number of sulfonamides is 1. The van der Waals surface area contributed by atoms with E-state index in [-0.39, 0.29) is 10.7 Å². The molecule has 0 radical (unpaired) electrons. The molecule has 0 saturated heterocycles. The van der Waals surface area contributed by atoms with Gasteiger partial charge in [0.25, 0.3) is 0 Å². The molecule has 1 aromatic carbocycles. The summed E-state index contributed by atoms with van der Waals surface area (Å²) in [6, 6.07) is 0.958. The van der Waals surface area contributed by atoms with E-state index >= 15 is 0 Å². The van der Waals surface area contributed by atoms with E-state index in [1.807, 2.05) is 0 Å². The SMILES string of the molecule is COCC1(NC2C(=O)C(=O)C2Nc2ccc(Cl)c(S(=O)(=O)N(C)C)c2O)CCCC1. The number of carbonyl (C=O) groups excluding carboxylic acids is 2. The van der Waals surface area contributed by atoms with Gasteiger partial charge in [-0.2, -0.15) is 0 Å². The summed E-state index contributed by atoms with van der Waals surface area (Å²) in [4.78, 5) is 24.1. The summed E-state index contributed by atoms with van der Waals surface area (Å²) in [6.45, 7) is 0.412. The number of nitrogens with zero attached hydrogens (tertiary/aromatic N) is 1. The zero-order chi connectivity index (χ0) is 22.3. The number of halogens is 1. The molecule has 0 heterocycles. The Morgan fingerprint density at radius 3 is 2.37 bits per heavy atom. The third-order valence-electron chi connectivity index (χ3n) is 5.72. The summed E-state index contributed by atoms with van der Waals surface area (Å²) < 4.78 is 31.3. The van der Waals surface area contributed by atoms with Crippen molar-refractivity contribution in [3.63, 3.8) is 0 Å². The fourth-order valence-electron chi connectivity index (χ4n) is 4.06. The molecule has 0 spiro atoms. The van der Waals surface area contributed by atoms with Crippen molar-refractivity contribution in [2.45, 2.75) is 48.2 Å². The number of ketones is 2. The number of benzene rings is 1. The Morgan fingerprint density at radius 2 is 1.80 bits per heavy atom. The van der Waals surface area contributed by atoms with Crippen LogP contribution in [0.5, 0.6) is 5.75 Å². The van der Waals surface area contributed by atoms with Crippen molar-refractivity contribution in [3.8, 4) is 5.75 Å². The number of phenols is 1. The summed E-state index contributed by atoms with van der Waals surface area (Å²) >= 11 is 6.02. The average Bonchev–Trinajstić information content (AvgIpc) is 3.14. The van der Waals surface area contributed by atoms with Crippen LogP contribution in [0.3, 0.4) is 0 Å². The summed E-state index contributed by atoms with van der Waals surface area (Å²) in [5, 5.41) is 16.5. The van der Waals surface area contributed by atoms with E-state index in [2.05, 4.69) is 10.6 Å². The zero-order valence-corrected chi connectivity index (χ0v) is 18.6. The van der Waals surface area contributed by atoms with Crippen molar-refractivity contribution in [1.82, 2.24) is 9.62 Å². The predicted octanol–water partition coefficient (Wildman–Crippen LogP) is 1.15. The highest BCUT2D eigenvalue weighted by molar-refractivity contribution is 7.89. The second kappa shape index (κ2) is 8.43. The standard InChI is InChI=1S/C19H26ClN3O6S/c1-23(2)30(27,28)18-11(20)6-7-12(15(18)24)21-13-14(17(26)16(13)25)22-19(10-29-3)8-4-5-9-19/h6-7,13-14,21-22,24H,4-5,8-10H2,1-3H3. The molecule has 9 nitrogen and oxygen atoms in total. The number of nitrogens with one attached hydrogen (secondary N) is 2. The van der Waals surface area contributed by atoms with Gasteiger partial charge in [-0.3, -0.25) is 14.9 Å². The number of anilines is 1. The zero-order valence-electron chi connectivity index (χ0n) is 17.1. The van der Waals surface area contributed by atoms with Gasteiger partial charge in [0.1, 0.15) is 17.0 Å². The van der Waals surface area contributed by atoms with Crippen LogP contribution >= 0.6 is 11.6 Å². The maximum Gasteiger partial charge on any atom is 0.247 e. The Morgan fingerprint density at radius 1 is 1.20 bits per heavy atom. The third kappa shape index (κ3) is 3.94. The molecular formula is C19H26ClN3O6S. The first-order valence-electron chi connectivity index (χ1n) is 9.59. The molecule has 2 atom stereocenters. The van der Waals surface area contributed by atoms with Gasteiger partial charge in [0, 0.05) is 26.7 Å². The summed E-state index contributed by atoms with van der Waals surface area (Å²) in [6.07, 6.45) is 3.63. The fourth-order valence-corrected chi connectivity index (χ4v) is 5.54. The lowest BCUT2D eigenvalue weighted by molar-refractivity contribution is -0.146. The van der Waals surface area contributed by atoms with Crippen molar-refractivity contribution in [1.29, 1.82) is 0 Å². The Hall–Kier alpha value is -1.72. The molecule has 30 heavy (non-hydrogen) atoms. The second-order valence-corrected chi connectivity index (χ2v) is 10.4. The molecule has 2 saturated carbocycles. The van der Waals surface area contributed by atoms with Gasteiger partial charge in [-0.05, 0) is 25.0 Å². The van der Waals surface area contributed by atoms with E-state index < -0.39 is 49.9 Å². The van der Waals surface area contributed by atoms with E-state index in [0.29, 0.717) is 6.61 Å². The summed E-state index contributed by atoms with van der Waals surface area (Å²) in [7, 11) is 0.187. The second-order valence-electron chi connectivity index (χ2n) is 7.95. The highest BCUT2D eigenvalue weighted by atomic mass is 35.5. The Labute approximate surface area is 180 Å². The van der Waals surface area contributed by atoms with Gasteiger partial charge in [0.15, 0.2) is 5.75 Å². The average molecular weight is 460 g/mol. The van der Waals surface area contributed by atoms with Crippen LogP contribution < -0.4 is 10.6 Å². The van der Waals surface area contributed by atoms with Crippen LogP contribution in [-0.2, 0) is 24.3 Å². The van der Waals surface area contributed by atoms with Crippen molar-refractivity contribution in [2.24, 2.45) is 0 Å². The lowest BCUT2D eigenvalue weighted by atomic mass is 9.80. The highest BCUT2D eigenvalue weighted by Gasteiger charge is 2.52. The van der Waals surface area contributed by atoms with Crippen LogP contribution in [0, 0.1) is 0 Å². The molecule has 3 N–H and O–H groups in total. The molecule has 1 aromatic rings. The normalized spacial score (nSPS) is 23.6. The number of methoxy groups -OCH3 is 1. The topological polar surface area (TPSA) is 125 Å². The van der Waals surface area contributed by atoms with Crippen LogP contribution in [-0.4, -0.2) is 74.8 Å². The molecule has 0 aromatic heterocycles. The van der Waals surface area contributed by atoms with Crippen molar-refractivity contribution >= 4 is 38.9 Å². The van der Waals surface area contributed by atoms with Crippen molar-refractivity contribution < 1.29 is 27.9 Å². The monoisotopic (exact) mass is 459 g/mol. The Bertz CT molecular complexity index is 959. The van der Waals surface area contributed by atoms with E-state index in [1.165, 1.54) is 26.2 Å². The first-order valence-corrected chi connectivity index (χ1v) is 11.4. The van der Waals surface area contributed by atoms with Gasteiger partial charge in [-0.15, -0.1) is 0 Å². The highest BCUT2D eigenvalue weighted by Crippen LogP contribution is 2.39. The third-order valence-corrected chi connectivity index (χ3v) is 8.03. The van der Waals surface area contributed by atoms with Crippen LogP contribution in [0.4, 0.5) is 5.69 Å². The van der Waals surface area contributed by atoms with Crippen LogP contribution in [0.15, 0.2) is 17.0 Å². The van der Waals surface area contributed by atoms with Crippen LogP contribution in [0.1, 0.15) is 25.7 Å². The minimum atomic E-state index is -4.03. The number of phenolic OH excluding ortho intramolecular Hbond substituents is 1. The molecule has 0 aliphatic heterocycles. The Balaban J connectivity index is 1.88. The summed E-state index contributed by atoms with van der Waals surface area (Å²) in [5.74, 6) is -1.79. The molecular weight excluding hydrogens is 434 g/mol. The number of aromatic hydroxyl groups is 1. The first-order chi connectivity index (χ1) is 14.0. The lowest BCUT2D eigenvalue weighted by Gasteiger charge is -2.41. The molecule has 2 fully saturated rings. The molecule has 2 aliphatic carbocycles. The quantitative estimate of drug-likeness (QED) is 0.390. The number of ether oxygens (including phenoxy) is 1. The number of carbonyl (C=O) groups is 2. The van der Waals surface area contributed by atoms with Crippen molar-refractivity contribution in [2.75, 3.05) is 33.1 Å². The molecule has 166 valence electrons. The first kappa shape index (κ1) is 23.0. The van der Waals surface area contributed by atoms with Gasteiger partial charge in [0.2, 0.25) is 21.6 Å². The molecule has 2 unspecified atom stereocenters. The van der Waals surface area contributed by atoms with Crippen LogP contribution in [0.25, 0.3) is 0 Å². The van der Waals surface area contributed by atoms with Gasteiger partial charge >= 0.3 is 0 Å². The van der Waals surface area contributed by atoms with E-state index in [1.54, 1.807) is 7.11 Å². The van der Waals surface area contributed by atoms with E-state index in [0.717, 1.165) is 30.0 Å². The fraction of sp³-hybridized carbons (Fsp3) is 0.579. The van der Waals surface area contributed by atoms with E-state index in [9.17, 15) is 23.1 Å². The molecule has 11 heteroatoms. The molecule has 3 rings (SSSR count). The Kier molecular flexibility index (Phi) is 6.45. The largest absolute Gasteiger partial charge is 0.504 e. The maximum absolute atomic E-state index is 12.5. The minimum Gasteiger partial charge on any atom is -0.504 e. The van der Waals surface area contributed by atoms with Crippen LogP contribution in [0.2, 0.25) is 5.02 Å². The molecule has 0 amide bonds. The number of hydrogen-bond acceptors (Lipinski definition) is 8. The molecule has 2 aliphatic rings. The smallest absolute Gasteiger partial charge is 0.247 e. The van der Waals surface area contributed by atoms with Gasteiger partial charge < -0.3 is 15.2 Å². The van der Waals surface area contributed by atoms with Gasteiger partial charge in [-0.1, -0.05) is 24.4 Å². The molecule has 0 bridgehead atoms. The van der Waals surface area contributed by atoms with Gasteiger partial charge in [-0.25, -0.2) is 12.7 Å².